The number of hydrogen-bond acceptors (Lipinski definition) is 4. The number of benzene rings is 1. The van der Waals surface area contributed by atoms with Crippen LogP contribution in [0.2, 0.25) is 0 Å². The zero-order chi connectivity index (χ0) is 8.97. The molecule has 0 saturated carbocycles. The van der Waals surface area contributed by atoms with Crippen LogP contribution in [0.5, 0.6) is 0 Å². The van der Waals surface area contributed by atoms with Crippen LogP contribution in [0.15, 0.2) is 24.3 Å². The molecule has 0 aliphatic carbocycles. The van der Waals surface area contributed by atoms with Gasteiger partial charge in [0.25, 0.3) is 0 Å². The highest BCUT2D eigenvalue weighted by Gasteiger charge is 2.09. The Kier molecular flexibility index (Phi) is 3.46. The fourth-order valence-electron chi connectivity index (χ4n) is 0.881. The van der Waals surface area contributed by atoms with E-state index >= 15 is 0 Å². The second-order valence-corrected chi connectivity index (χ2v) is 2.92. The second kappa shape index (κ2) is 4.40. The van der Waals surface area contributed by atoms with Gasteiger partial charge in [-0.25, -0.2) is 0 Å². The molecule has 0 aliphatic rings. The van der Waals surface area contributed by atoms with Crippen molar-refractivity contribution in [2.75, 3.05) is 11.0 Å². The van der Waals surface area contributed by atoms with E-state index in [1.54, 1.807) is 18.2 Å². The van der Waals surface area contributed by atoms with Crippen molar-refractivity contribution < 1.29 is 10.0 Å². The molecule has 0 aliphatic heterocycles. The Bertz CT molecular complexity index is 257. The van der Waals surface area contributed by atoms with Crippen molar-refractivity contribution in [3.63, 3.8) is 0 Å². The Morgan fingerprint density at radius 2 is 2.17 bits per heavy atom. The quantitative estimate of drug-likeness (QED) is 0.458. The van der Waals surface area contributed by atoms with Gasteiger partial charge in [-0.1, -0.05) is 24.1 Å². The van der Waals surface area contributed by atoms with Crippen molar-refractivity contribution in [1.82, 2.24) is 0 Å². The summed E-state index contributed by atoms with van der Waals surface area (Å²) in [5, 5.41) is 17.7. The van der Waals surface area contributed by atoms with Crippen molar-refractivity contribution in [1.29, 1.82) is 0 Å². The monoisotopic (exact) mass is 183 g/mol. The van der Waals surface area contributed by atoms with E-state index in [9.17, 15) is 0 Å². The van der Waals surface area contributed by atoms with Crippen LogP contribution in [0.4, 0.5) is 5.69 Å². The third-order valence-electron chi connectivity index (χ3n) is 1.40. The predicted molar refractivity (Wildman–Crippen MR) is 53.4 cm³/mol. The molecule has 0 amide bonds. The molecule has 0 bridgehead atoms. The Morgan fingerprint density at radius 3 is 2.75 bits per heavy atom. The van der Waals surface area contributed by atoms with Crippen molar-refractivity contribution in [3.05, 3.63) is 24.3 Å². The molecule has 1 rings (SSSR count). The van der Waals surface area contributed by atoms with Gasteiger partial charge < -0.3 is 14.8 Å². The Hall–Kier alpha value is -0.645. The summed E-state index contributed by atoms with van der Waals surface area (Å²) in [6, 6.07) is 6.99. The smallest absolute Gasteiger partial charge is 0.423 e. The lowest BCUT2D eigenvalue weighted by atomic mass is 9.80. The molecular weight excluding hydrogens is 173 g/mol. The first-order valence-corrected chi connectivity index (χ1v) is 4.71. The van der Waals surface area contributed by atoms with Crippen molar-refractivity contribution in [2.45, 2.75) is 0 Å². The zero-order valence-electron chi connectivity index (χ0n) is 6.69. The minimum atomic E-state index is -1.39. The van der Waals surface area contributed by atoms with Crippen molar-refractivity contribution >= 4 is 30.2 Å². The lowest BCUT2D eigenvalue weighted by molar-refractivity contribution is 0.426. The second-order valence-electron chi connectivity index (χ2n) is 2.31. The molecule has 0 fully saturated rings. The van der Waals surface area contributed by atoms with Gasteiger partial charge in [0.1, 0.15) is 0 Å². The Morgan fingerprint density at radius 1 is 1.42 bits per heavy atom. The lowest BCUT2D eigenvalue weighted by Crippen LogP contribution is -2.29. The molecule has 64 valence electrons. The number of rotatable bonds is 3. The van der Waals surface area contributed by atoms with Gasteiger partial charge in [-0.15, -0.1) is 0 Å². The van der Waals surface area contributed by atoms with E-state index in [2.05, 4.69) is 4.72 Å². The summed E-state index contributed by atoms with van der Waals surface area (Å²) >= 11 is 1.46. The largest absolute Gasteiger partial charge is 0.488 e. The fourth-order valence-corrected chi connectivity index (χ4v) is 1.24. The van der Waals surface area contributed by atoms with E-state index in [0.29, 0.717) is 5.46 Å². The summed E-state index contributed by atoms with van der Waals surface area (Å²) < 4.78 is 3.00. The van der Waals surface area contributed by atoms with E-state index in [-0.39, 0.29) is 0 Å². The molecule has 0 atom stereocenters. The van der Waals surface area contributed by atoms with Crippen LogP contribution >= 0.6 is 11.9 Å². The highest BCUT2D eigenvalue weighted by Crippen LogP contribution is 2.07. The summed E-state index contributed by atoms with van der Waals surface area (Å²) in [7, 11) is -1.39. The normalized spacial score (nSPS) is 9.58. The molecule has 12 heavy (non-hydrogen) atoms. The first-order chi connectivity index (χ1) is 5.74. The maximum atomic E-state index is 8.84. The number of anilines is 1. The van der Waals surface area contributed by atoms with Gasteiger partial charge in [-0.3, -0.25) is 0 Å². The molecule has 1 aromatic rings. The molecule has 3 N–H and O–H groups in total. The fraction of sp³-hybridized carbons (Fsp3) is 0.143. The highest BCUT2D eigenvalue weighted by atomic mass is 32.2. The summed E-state index contributed by atoms with van der Waals surface area (Å²) in [6.07, 6.45) is 1.90. The summed E-state index contributed by atoms with van der Waals surface area (Å²) in [5.74, 6) is 0. The van der Waals surface area contributed by atoms with Crippen LogP contribution in [-0.4, -0.2) is 23.4 Å². The van der Waals surface area contributed by atoms with Crippen LogP contribution in [-0.2, 0) is 0 Å². The SMILES string of the molecule is CSNc1cccc(B(O)O)c1. The van der Waals surface area contributed by atoms with Gasteiger partial charge in [0.2, 0.25) is 0 Å². The topological polar surface area (TPSA) is 52.5 Å². The standard InChI is InChI=1S/C7H10BNO2S/c1-12-9-7-4-2-3-6(5-7)8(10)11/h2-5,9-11H,1H3. The molecular formula is C7H10BNO2S. The van der Waals surface area contributed by atoms with Gasteiger partial charge in [-0.2, -0.15) is 0 Å². The molecule has 0 radical (unpaired) electrons. The predicted octanol–water partition coefficient (Wildman–Crippen LogP) is 0.0563. The first-order valence-electron chi connectivity index (χ1n) is 3.49. The number of hydrogen-bond donors (Lipinski definition) is 3. The molecule has 0 saturated heterocycles. The minimum Gasteiger partial charge on any atom is -0.423 e. The third-order valence-corrected chi connectivity index (χ3v) is 1.84. The van der Waals surface area contributed by atoms with Crippen molar-refractivity contribution in [3.8, 4) is 0 Å². The summed E-state index contributed by atoms with van der Waals surface area (Å²) in [5.41, 5.74) is 1.36. The summed E-state index contributed by atoms with van der Waals surface area (Å²) in [4.78, 5) is 0. The maximum absolute atomic E-state index is 8.84. The van der Waals surface area contributed by atoms with E-state index in [1.807, 2.05) is 12.3 Å². The molecule has 0 spiro atoms. The first kappa shape index (κ1) is 9.44. The van der Waals surface area contributed by atoms with Gasteiger partial charge in [0.15, 0.2) is 0 Å². The third kappa shape index (κ3) is 2.44. The van der Waals surface area contributed by atoms with Crippen LogP contribution in [0.1, 0.15) is 0 Å². The molecule has 0 unspecified atom stereocenters. The molecule has 5 heteroatoms. The summed E-state index contributed by atoms with van der Waals surface area (Å²) in [6.45, 7) is 0. The van der Waals surface area contributed by atoms with Gasteiger partial charge in [0, 0.05) is 11.9 Å². The molecule has 1 aromatic carbocycles. The minimum absolute atomic E-state index is 0.494. The van der Waals surface area contributed by atoms with Gasteiger partial charge in [0.05, 0.1) is 0 Å². The molecule has 0 aromatic heterocycles. The van der Waals surface area contributed by atoms with Crippen LogP contribution < -0.4 is 10.2 Å². The maximum Gasteiger partial charge on any atom is 0.488 e. The average molecular weight is 183 g/mol. The lowest BCUT2D eigenvalue weighted by Gasteiger charge is -2.04. The van der Waals surface area contributed by atoms with E-state index in [0.717, 1.165) is 5.69 Å². The average Bonchev–Trinajstić information content (AvgIpc) is 2.05. The van der Waals surface area contributed by atoms with Gasteiger partial charge in [-0.05, 0) is 17.6 Å². The highest BCUT2D eigenvalue weighted by molar-refractivity contribution is 7.99. The van der Waals surface area contributed by atoms with Crippen LogP contribution in [0.3, 0.4) is 0 Å². The van der Waals surface area contributed by atoms with Gasteiger partial charge >= 0.3 is 7.12 Å². The Labute approximate surface area is 76.1 Å². The van der Waals surface area contributed by atoms with Crippen LogP contribution in [0, 0.1) is 0 Å². The van der Waals surface area contributed by atoms with Crippen LogP contribution in [0.25, 0.3) is 0 Å². The van der Waals surface area contributed by atoms with E-state index in [4.69, 9.17) is 10.0 Å². The molecule has 3 nitrogen and oxygen atoms in total. The van der Waals surface area contributed by atoms with E-state index < -0.39 is 7.12 Å². The Balaban J connectivity index is 2.81. The number of nitrogens with one attached hydrogen (secondary N) is 1. The van der Waals surface area contributed by atoms with Crippen molar-refractivity contribution in [2.24, 2.45) is 0 Å². The zero-order valence-corrected chi connectivity index (χ0v) is 7.51. The molecule has 0 heterocycles. The van der Waals surface area contributed by atoms with E-state index in [1.165, 1.54) is 11.9 Å².